The Labute approximate surface area is 135 Å². The van der Waals surface area contributed by atoms with Gasteiger partial charge in [0.25, 0.3) is 0 Å². The second-order valence-corrected chi connectivity index (χ2v) is 6.67. The third-order valence-corrected chi connectivity index (χ3v) is 4.87. The molecule has 2 aromatic heterocycles. The van der Waals surface area contributed by atoms with Gasteiger partial charge in [0.1, 0.15) is 5.52 Å². The minimum Gasteiger partial charge on any atom is -0.381 e. The first-order chi connectivity index (χ1) is 11.2. The molecule has 0 radical (unpaired) electrons. The molecule has 2 fully saturated rings. The monoisotopic (exact) mass is 314 g/mol. The number of anilines is 1. The van der Waals surface area contributed by atoms with Gasteiger partial charge in [-0.1, -0.05) is 0 Å². The lowest BCUT2D eigenvalue weighted by atomic mass is 9.93. The highest BCUT2D eigenvalue weighted by Crippen LogP contribution is 2.36. The third-order valence-electron chi connectivity index (χ3n) is 4.87. The number of amides is 1. The Morgan fingerprint density at radius 2 is 2.22 bits per heavy atom. The van der Waals surface area contributed by atoms with Gasteiger partial charge in [-0.3, -0.25) is 14.7 Å². The number of hydrogen-bond donors (Lipinski definition) is 1. The number of rotatable bonds is 4. The summed E-state index contributed by atoms with van der Waals surface area (Å²) in [6, 6.07) is 4.34. The minimum atomic E-state index is 0.0214. The summed E-state index contributed by atoms with van der Waals surface area (Å²) < 4.78 is 7.47. The molecule has 1 amide bonds. The summed E-state index contributed by atoms with van der Waals surface area (Å²) in [5, 5.41) is 3.01. The van der Waals surface area contributed by atoms with Crippen LogP contribution in [0.2, 0.25) is 0 Å². The van der Waals surface area contributed by atoms with Gasteiger partial charge in [-0.25, -0.2) is 9.97 Å². The predicted molar refractivity (Wildman–Crippen MR) is 87.3 cm³/mol. The molecule has 1 aliphatic heterocycles. The van der Waals surface area contributed by atoms with Crippen molar-refractivity contribution in [3.05, 3.63) is 17.8 Å². The summed E-state index contributed by atoms with van der Waals surface area (Å²) in [5.41, 5.74) is 2.70. The Kier molecular flexibility index (Phi) is 3.77. The van der Waals surface area contributed by atoms with E-state index in [1.807, 2.05) is 19.1 Å². The normalized spacial score (nSPS) is 21.5. The molecule has 1 aliphatic carbocycles. The first-order valence-corrected chi connectivity index (χ1v) is 8.44. The summed E-state index contributed by atoms with van der Waals surface area (Å²) in [6.07, 6.45) is 4.94. The Morgan fingerprint density at radius 1 is 1.35 bits per heavy atom. The lowest BCUT2D eigenvalue weighted by Crippen LogP contribution is -2.23. The van der Waals surface area contributed by atoms with E-state index in [9.17, 15) is 4.79 Å². The number of hydrogen-bond acceptors (Lipinski definition) is 4. The molecule has 6 nitrogen and oxygen atoms in total. The first-order valence-electron chi connectivity index (χ1n) is 8.44. The SMILES string of the molecule is Cc1ccc2nc(NC(=O)CC3CCOC3)n(C3CCC3)c2n1. The van der Waals surface area contributed by atoms with Gasteiger partial charge in [0.15, 0.2) is 5.65 Å². The van der Waals surface area contributed by atoms with E-state index in [-0.39, 0.29) is 5.91 Å². The van der Waals surface area contributed by atoms with Gasteiger partial charge in [0, 0.05) is 31.4 Å². The average molecular weight is 314 g/mol. The van der Waals surface area contributed by atoms with E-state index >= 15 is 0 Å². The summed E-state index contributed by atoms with van der Waals surface area (Å²) in [6.45, 7) is 3.44. The molecule has 0 spiro atoms. The highest BCUT2D eigenvalue weighted by Gasteiger charge is 2.27. The van der Waals surface area contributed by atoms with Crippen molar-refractivity contribution < 1.29 is 9.53 Å². The smallest absolute Gasteiger partial charge is 0.227 e. The first kappa shape index (κ1) is 14.6. The molecule has 0 aromatic carbocycles. The lowest BCUT2D eigenvalue weighted by Gasteiger charge is -2.28. The van der Waals surface area contributed by atoms with Gasteiger partial charge in [-0.05, 0) is 50.7 Å². The summed E-state index contributed by atoms with van der Waals surface area (Å²) in [4.78, 5) is 21.6. The van der Waals surface area contributed by atoms with Gasteiger partial charge < -0.3 is 4.74 Å². The van der Waals surface area contributed by atoms with Crippen molar-refractivity contribution >= 4 is 23.0 Å². The zero-order valence-corrected chi connectivity index (χ0v) is 13.4. The fourth-order valence-corrected chi connectivity index (χ4v) is 3.33. The molecule has 2 aromatic rings. The Balaban J connectivity index is 1.61. The molecule has 3 heterocycles. The van der Waals surface area contributed by atoms with Crippen LogP contribution in [0.3, 0.4) is 0 Å². The number of nitrogens with one attached hydrogen (secondary N) is 1. The number of carbonyl (C=O) groups is 1. The van der Waals surface area contributed by atoms with Gasteiger partial charge in [-0.2, -0.15) is 0 Å². The van der Waals surface area contributed by atoms with Crippen molar-refractivity contribution in [2.75, 3.05) is 18.5 Å². The summed E-state index contributed by atoms with van der Waals surface area (Å²) in [7, 11) is 0. The second kappa shape index (κ2) is 5.92. The molecule has 2 aliphatic rings. The van der Waals surface area contributed by atoms with E-state index in [0.29, 0.717) is 30.9 Å². The molecule has 4 rings (SSSR count). The molecule has 1 unspecified atom stereocenters. The number of aryl methyl sites for hydroxylation is 1. The fraction of sp³-hybridized carbons (Fsp3) is 0.588. The van der Waals surface area contributed by atoms with Crippen LogP contribution in [0.25, 0.3) is 11.2 Å². The van der Waals surface area contributed by atoms with Gasteiger partial charge in [-0.15, -0.1) is 0 Å². The van der Waals surface area contributed by atoms with Crippen molar-refractivity contribution in [3.8, 4) is 0 Å². The molecular formula is C17H22N4O2. The quantitative estimate of drug-likeness (QED) is 0.942. The standard InChI is InChI=1S/C17H22N4O2/c1-11-5-6-14-16(18-11)21(13-3-2-4-13)17(19-14)20-15(22)9-12-7-8-23-10-12/h5-6,12-13H,2-4,7-10H2,1H3,(H,19,20,22). The number of nitrogens with zero attached hydrogens (tertiary/aromatic N) is 3. The number of ether oxygens (including phenoxy) is 1. The second-order valence-electron chi connectivity index (χ2n) is 6.67. The van der Waals surface area contributed by atoms with Crippen molar-refractivity contribution in [2.45, 2.75) is 45.1 Å². The van der Waals surface area contributed by atoms with Gasteiger partial charge >= 0.3 is 0 Å². The Morgan fingerprint density at radius 3 is 2.91 bits per heavy atom. The molecular weight excluding hydrogens is 292 g/mol. The molecule has 6 heteroatoms. The van der Waals surface area contributed by atoms with Crippen molar-refractivity contribution in [3.63, 3.8) is 0 Å². The van der Waals surface area contributed by atoms with E-state index in [4.69, 9.17) is 4.74 Å². The molecule has 23 heavy (non-hydrogen) atoms. The zero-order valence-electron chi connectivity index (χ0n) is 13.4. The number of imidazole rings is 1. The van der Waals surface area contributed by atoms with Crippen molar-refractivity contribution in [1.82, 2.24) is 14.5 Å². The molecule has 1 atom stereocenters. The van der Waals surface area contributed by atoms with Gasteiger partial charge in [0.05, 0.1) is 0 Å². The number of pyridine rings is 1. The fourth-order valence-electron chi connectivity index (χ4n) is 3.33. The number of carbonyl (C=O) groups excluding carboxylic acids is 1. The molecule has 1 saturated heterocycles. The summed E-state index contributed by atoms with van der Waals surface area (Å²) in [5.74, 6) is 0.997. The maximum Gasteiger partial charge on any atom is 0.227 e. The topological polar surface area (TPSA) is 69.0 Å². The van der Waals surface area contributed by atoms with Crippen molar-refractivity contribution in [2.24, 2.45) is 5.92 Å². The van der Waals surface area contributed by atoms with Gasteiger partial charge in [0.2, 0.25) is 11.9 Å². The van der Waals surface area contributed by atoms with Crippen LogP contribution in [-0.4, -0.2) is 33.7 Å². The lowest BCUT2D eigenvalue weighted by molar-refractivity contribution is -0.117. The Bertz CT molecular complexity index is 730. The maximum absolute atomic E-state index is 12.4. The van der Waals surface area contributed by atoms with E-state index in [1.165, 1.54) is 6.42 Å². The van der Waals surface area contributed by atoms with Crippen LogP contribution in [0.5, 0.6) is 0 Å². The third kappa shape index (κ3) is 2.83. The highest BCUT2D eigenvalue weighted by atomic mass is 16.5. The molecule has 1 saturated carbocycles. The van der Waals surface area contributed by atoms with Crippen LogP contribution in [0.4, 0.5) is 5.95 Å². The maximum atomic E-state index is 12.4. The molecule has 0 bridgehead atoms. The highest BCUT2D eigenvalue weighted by molar-refractivity contribution is 5.91. The largest absolute Gasteiger partial charge is 0.381 e. The van der Waals surface area contributed by atoms with E-state index in [2.05, 4.69) is 19.9 Å². The van der Waals surface area contributed by atoms with Crippen LogP contribution in [-0.2, 0) is 9.53 Å². The number of aromatic nitrogens is 3. The van der Waals surface area contributed by atoms with Crippen molar-refractivity contribution in [1.29, 1.82) is 0 Å². The molecule has 1 N–H and O–H groups in total. The van der Waals surface area contributed by atoms with Crippen LogP contribution < -0.4 is 5.32 Å². The summed E-state index contributed by atoms with van der Waals surface area (Å²) >= 11 is 0. The van der Waals surface area contributed by atoms with Crippen LogP contribution in [0.1, 0.15) is 43.8 Å². The van der Waals surface area contributed by atoms with E-state index in [1.54, 1.807) is 0 Å². The van der Waals surface area contributed by atoms with E-state index < -0.39 is 0 Å². The van der Waals surface area contributed by atoms with E-state index in [0.717, 1.165) is 42.7 Å². The Hall–Kier alpha value is -1.95. The van der Waals surface area contributed by atoms with Crippen LogP contribution in [0, 0.1) is 12.8 Å². The number of fused-ring (bicyclic) bond motifs is 1. The van der Waals surface area contributed by atoms with Crippen LogP contribution >= 0.6 is 0 Å². The molecule has 122 valence electrons. The average Bonchev–Trinajstić information content (AvgIpc) is 3.07. The zero-order chi connectivity index (χ0) is 15.8. The van der Waals surface area contributed by atoms with Crippen LogP contribution in [0.15, 0.2) is 12.1 Å². The minimum absolute atomic E-state index is 0.0214. The predicted octanol–water partition coefficient (Wildman–Crippen LogP) is 2.83.